The number of anilines is 1. The van der Waals surface area contributed by atoms with Gasteiger partial charge in [0.15, 0.2) is 0 Å². The number of ether oxygens (including phenoxy) is 1. The second-order valence-corrected chi connectivity index (χ2v) is 7.41. The Morgan fingerprint density at radius 2 is 1.97 bits per heavy atom. The highest BCUT2D eigenvalue weighted by Crippen LogP contribution is 2.46. The first-order valence-corrected chi connectivity index (χ1v) is 9.68. The first kappa shape index (κ1) is 19.4. The van der Waals surface area contributed by atoms with E-state index in [4.69, 9.17) is 4.74 Å². The van der Waals surface area contributed by atoms with Crippen molar-refractivity contribution in [1.82, 2.24) is 4.90 Å². The number of amides is 1. The molecule has 1 amide bonds. The molecule has 150 valence electrons. The van der Waals surface area contributed by atoms with Gasteiger partial charge in [-0.15, -0.1) is 0 Å². The molecule has 0 saturated carbocycles. The van der Waals surface area contributed by atoms with Gasteiger partial charge in [-0.2, -0.15) is 0 Å². The van der Waals surface area contributed by atoms with Crippen molar-refractivity contribution in [3.8, 4) is 11.8 Å². The lowest BCUT2D eigenvalue weighted by Crippen LogP contribution is -2.43. The van der Waals surface area contributed by atoms with Crippen LogP contribution in [0.4, 0.5) is 10.1 Å². The number of likely N-dealkylation sites (tertiary alicyclic amines) is 1. The van der Waals surface area contributed by atoms with Crippen molar-refractivity contribution < 1.29 is 19.0 Å². The SMILES string of the molecule is COCC(=O)N1CC[C@@H]2[C@@H](CO)Nc3ccc(C#Cc4ccc(F)cc4)cc3[C@@H]21. The van der Waals surface area contributed by atoms with Crippen LogP contribution in [0, 0.1) is 23.6 Å². The van der Waals surface area contributed by atoms with E-state index in [1.807, 2.05) is 23.1 Å². The number of fused-ring (bicyclic) bond motifs is 3. The summed E-state index contributed by atoms with van der Waals surface area (Å²) in [5.41, 5.74) is 3.47. The van der Waals surface area contributed by atoms with Gasteiger partial charge in [0.05, 0.1) is 18.7 Å². The van der Waals surface area contributed by atoms with Crippen LogP contribution in [0.3, 0.4) is 0 Å². The number of aliphatic hydroxyl groups is 1. The Balaban J connectivity index is 1.68. The average Bonchev–Trinajstić information content (AvgIpc) is 3.18. The van der Waals surface area contributed by atoms with Crippen molar-refractivity contribution in [3.05, 3.63) is 65.0 Å². The largest absolute Gasteiger partial charge is 0.394 e. The minimum Gasteiger partial charge on any atom is -0.394 e. The van der Waals surface area contributed by atoms with E-state index >= 15 is 0 Å². The Labute approximate surface area is 169 Å². The molecule has 0 bridgehead atoms. The molecule has 0 unspecified atom stereocenters. The molecule has 2 aliphatic rings. The number of nitrogens with zero attached hydrogens (tertiary/aromatic N) is 1. The number of hydrogen-bond donors (Lipinski definition) is 2. The molecule has 6 heteroatoms. The molecule has 3 atom stereocenters. The number of nitrogens with one attached hydrogen (secondary N) is 1. The summed E-state index contributed by atoms with van der Waals surface area (Å²) in [5, 5.41) is 13.2. The maximum atomic E-state index is 13.1. The van der Waals surface area contributed by atoms with E-state index in [2.05, 4.69) is 17.2 Å². The predicted octanol–water partition coefficient (Wildman–Crippen LogP) is 2.55. The Morgan fingerprint density at radius 1 is 1.24 bits per heavy atom. The predicted molar refractivity (Wildman–Crippen MR) is 108 cm³/mol. The van der Waals surface area contributed by atoms with Crippen LogP contribution >= 0.6 is 0 Å². The number of aliphatic hydroxyl groups excluding tert-OH is 1. The lowest BCUT2D eigenvalue weighted by Gasteiger charge is -2.39. The summed E-state index contributed by atoms with van der Waals surface area (Å²) in [7, 11) is 1.52. The van der Waals surface area contributed by atoms with Gasteiger partial charge in [0.25, 0.3) is 0 Å². The van der Waals surface area contributed by atoms with Gasteiger partial charge in [-0.05, 0) is 54.4 Å². The number of methoxy groups -OCH3 is 1. The third-order valence-corrected chi connectivity index (χ3v) is 5.65. The Kier molecular flexibility index (Phi) is 5.52. The highest BCUT2D eigenvalue weighted by Gasteiger charge is 2.45. The van der Waals surface area contributed by atoms with Crippen LogP contribution in [0.25, 0.3) is 0 Å². The zero-order valence-corrected chi connectivity index (χ0v) is 16.2. The molecule has 2 N–H and O–H groups in total. The fourth-order valence-electron chi connectivity index (χ4n) is 4.30. The molecule has 4 rings (SSSR count). The highest BCUT2D eigenvalue weighted by atomic mass is 19.1. The third kappa shape index (κ3) is 3.84. The fraction of sp³-hybridized carbons (Fsp3) is 0.348. The number of benzene rings is 2. The lowest BCUT2D eigenvalue weighted by molar-refractivity contribution is -0.136. The monoisotopic (exact) mass is 394 g/mol. The van der Waals surface area contributed by atoms with E-state index in [1.165, 1.54) is 19.2 Å². The molecule has 0 radical (unpaired) electrons. The first-order chi connectivity index (χ1) is 14.1. The Hall–Kier alpha value is -2.88. The number of carbonyl (C=O) groups is 1. The summed E-state index contributed by atoms with van der Waals surface area (Å²) in [5.74, 6) is 5.97. The van der Waals surface area contributed by atoms with Crippen LogP contribution in [0.1, 0.15) is 29.2 Å². The molecular weight excluding hydrogens is 371 g/mol. The molecule has 0 aromatic heterocycles. The van der Waals surface area contributed by atoms with Gasteiger partial charge < -0.3 is 20.1 Å². The van der Waals surface area contributed by atoms with Crippen LogP contribution in [0.2, 0.25) is 0 Å². The zero-order chi connectivity index (χ0) is 20.4. The summed E-state index contributed by atoms with van der Waals surface area (Å²) in [6.45, 7) is 0.694. The van der Waals surface area contributed by atoms with E-state index in [0.29, 0.717) is 6.54 Å². The molecule has 0 aliphatic carbocycles. The van der Waals surface area contributed by atoms with Gasteiger partial charge in [0.1, 0.15) is 12.4 Å². The average molecular weight is 394 g/mol. The van der Waals surface area contributed by atoms with Gasteiger partial charge in [0.2, 0.25) is 5.91 Å². The van der Waals surface area contributed by atoms with Crippen LogP contribution < -0.4 is 5.32 Å². The topological polar surface area (TPSA) is 61.8 Å². The van der Waals surface area contributed by atoms with Crippen molar-refractivity contribution in [3.63, 3.8) is 0 Å². The van der Waals surface area contributed by atoms with E-state index in [1.54, 1.807) is 12.1 Å². The minimum atomic E-state index is -0.290. The number of halogens is 1. The Bertz CT molecular complexity index is 964. The van der Waals surface area contributed by atoms with Crippen LogP contribution in [0.15, 0.2) is 42.5 Å². The van der Waals surface area contributed by atoms with E-state index in [9.17, 15) is 14.3 Å². The van der Waals surface area contributed by atoms with Gasteiger partial charge >= 0.3 is 0 Å². The summed E-state index contributed by atoms with van der Waals surface area (Å²) in [6.07, 6.45) is 0.823. The molecule has 2 aromatic rings. The first-order valence-electron chi connectivity index (χ1n) is 9.68. The molecule has 29 heavy (non-hydrogen) atoms. The van der Waals surface area contributed by atoms with E-state index in [-0.39, 0.29) is 42.9 Å². The summed E-state index contributed by atoms with van der Waals surface area (Å²) < 4.78 is 18.1. The summed E-state index contributed by atoms with van der Waals surface area (Å²) in [4.78, 5) is 14.4. The minimum absolute atomic E-state index is 0.0129. The molecular formula is C23H23FN2O3. The van der Waals surface area contributed by atoms with E-state index < -0.39 is 0 Å². The number of carbonyl (C=O) groups excluding carboxylic acids is 1. The molecule has 2 heterocycles. The molecule has 0 spiro atoms. The van der Waals surface area contributed by atoms with Crippen LogP contribution in [-0.2, 0) is 9.53 Å². The molecule has 5 nitrogen and oxygen atoms in total. The Morgan fingerprint density at radius 3 is 2.69 bits per heavy atom. The normalized spacial score (nSPS) is 22.2. The molecule has 2 aromatic carbocycles. The highest BCUT2D eigenvalue weighted by molar-refractivity contribution is 5.79. The second kappa shape index (κ2) is 8.24. The summed E-state index contributed by atoms with van der Waals surface area (Å²) >= 11 is 0. The van der Waals surface area contributed by atoms with Gasteiger partial charge in [-0.25, -0.2) is 4.39 Å². The van der Waals surface area contributed by atoms with Gasteiger partial charge in [-0.3, -0.25) is 4.79 Å². The van der Waals surface area contributed by atoms with Crippen molar-refractivity contribution in [1.29, 1.82) is 0 Å². The van der Waals surface area contributed by atoms with E-state index in [0.717, 1.165) is 28.8 Å². The maximum Gasteiger partial charge on any atom is 0.249 e. The van der Waals surface area contributed by atoms with Gasteiger partial charge in [-0.1, -0.05) is 11.8 Å². The van der Waals surface area contributed by atoms with Crippen LogP contribution in [0.5, 0.6) is 0 Å². The third-order valence-electron chi connectivity index (χ3n) is 5.65. The zero-order valence-electron chi connectivity index (χ0n) is 16.2. The second-order valence-electron chi connectivity index (χ2n) is 7.41. The van der Waals surface area contributed by atoms with Crippen molar-refractivity contribution in [2.45, 2.75) is 18.5 Å². The molecule has 1 saturated heterocycles. The summed E-state index contributed by atoms with van der Waals surface area (Å²) in [6, 6.07) is 11.7. The molecule has 1 fully saturated rings. The molecule has 2 aliphatic heterocycles. The maximum absolute atomic E-state index is 13.1. The van der Waals surface area contributed by atoms with Crippen molar-refractivity contribution in [2.24, 2.45) is 5.92 Å². The quantitative estimate of drug-likeness (QED) is 0.786. The number of hydrogen-bond acceptors (Lipinski definition) is 4. The number of rotatable bonds is 3. The lowest BCUT2D eigenvalue weighted by atomic mass is 9.82. The smallest absolute Gasteiger partial charge is 0.249 e. The van der Waals surface area contributed by atoms with Crippen molar-refractivity contribution in [2.75, 3.05) is 32.2 Å². The fourth-order valence-corrected chi connectivity index (χ4v) is 4.30. The van der Waals surface area contributed by atoms with Crippen molar-refractivity contribution >= 4 is 11.6 Å². The van der Waals surface area contributed by atoms with Crippen LogP contribution in [-0.4, -0.2) is 48.8 Å². The van der Waals surface area contributed by atoms with Gasteiger partial charge in [0, 0.05) is 36.4 Å². The standard InChI is InChI=1S/C23H23FN2O3/c1-29-14-22(28)26-11-10-18-21(13-27)25-20-9-6-16(12-19(20)23(18)26)3-2-15-4-7-17(24)8-5-15/h4-9,12,18,21,23,25,27H,10-11,13-14H2,1H3/t18-,21-,23-/m1/s1.